The van der Waals surface area contributed by atoms with Gasteiger partial charge in [-0.2, -0.15) is 0 Å². The molecule has 4 amide bonds. The lowest BCUT2D eigenvalue weighted by atomic mass is 10.0. The lowest BCUT2D eigenvalue weighted by Gasteiger charge is -2.29. The van der Waals surface area contributed by atoms with Crippen LogP contribution < -0.4 is 10.6 Å². The maximum absolute atomic E-state index is 12.9. The van der Waals surface area contributed by atoms with Gasteiger partial charge >= 0.3 is 0 Å². The number of imide groups is 1. The first-order chi connectivity index (χ1) is 15.0. The van der Waals surface area contributed by atoms with Crippen LogP contribution in [0.15, 0.2) is 54.6 Å². The van der Waals surface area contributed by atoms with Crippen LogP contribution in [0.5, 0.6) is 0 Å². The number of para-hydroxylation sites is 1. The number of amides is 4. The zero-order valence-electron chi connectivity index (χ0n) is 16.4. The van der Waals surface area contributed by atoms with Crippen molar-refractivity contribution in [2.24, 2.45) is 0 Å². The number of rotatable bonds is 3. The number of carbonyl (C=O) groups excluding carboxylic acids is 4. The molecule has 0 saturated carbocycles. The molecule has 3 aromatic rings. The molecule has 1 aromatic heterocycles. The molecule has 5 rings (SSSR count). The van der Waals surface area contributed by atoms with Gasteiger partial charge in [0.15, 0.2) is 0 Å². The Bertz CT molecular complexity index is 1270. The number of carbonyl (C=O) groups is 4. The molecule has 0 spiro atoms. The molecule has 1 atom stereocenters. The van der Waals surface area contributed by atoms with Crippen LogP contribution in [0.3, 0.4) is 0 Å². The highest BCUT2D eigenvalue weighted by Crippen LogP contribution is 2.29. The van der Waals surface area contributed by atoms with E-state index in [1.54, 1.807) is 24.3 Å². The summed E-state index contributed by atoms with van der Waals surface area (Å²) < 4.78 is 0. The van der Waals surface area contributed by atoms with Crippen molar-refractivity contribution in [2.75, 3.05) is 5.32 Å². The van der Waals surface area contributed by atoms with E-state index in [1.165, 1.54) is 4.90 Å². The predicted molar refractivity (Wildman–Crippen MR) is 112 cm³/mol. The first-order valence-electron chi connectivity index (χ1n) is 9.94. The number of benzene rings is 2. The van der Waals surface area contributed by atoms with Crippen LogP contribution in [0.2, 0.25) is 0 Å². The number of nitrogens with zero attached hydrogens (tertiary/aromatic N) is 2. The van der Waals surface area contributed by atoms with Gasteiger partial charge in [0, 0.05) is 29.6 Å². The van der Waals surface area contributed by atoms with Crippen LogP contribution in [0, 0.1) is 0 Å². The second kappa shape index (κ2) is 7.32. The van der Waals surface area contributed by atoms with E-state index in [0.29, 0.717) is 24.2 Å². The van der Waals surface area contributed by atoms with E-state index in [0.717, 1.165) is 16.5 Å². The van der Waals surface area contributed by atoms with Gasteiger partial charge < -0.3 is 10.2 Å². The fourth-order valence-corrected chi connectivity index (χ4v) is 4.02. The Morgan fingerprint density at radius 1 is 1.06 bits per heavy atom. The zero-order valence-corrected chi connectivity index (χ0v) is 16.4. The van der Waals surface area contributed by atoms with Crippen LogP contribution in [0.1, 0.15) is 39.3 Å². The molecule has 0 aliphatic carbocycles. The molecule has 1 saturated heterocycles. The Balaban J connectivity index is 1.35. The third kappa shape index (κ3) is 3.42. The van der Waals surface area contributed by atoms with E-state index >= 15 is 0 Å². The Kier molecular flexibility index (Phi) is 4.47. The second-order valence-corrected chi connectivity index (χ2v) is 7.62. The molecule has 2 aliphatic heterocycles. The van der Waals surface area contributed by atoms with Gasteiger partial charge in [0.2, 0.25) is 11.8 Å². The van der Waals surface area contributed by atoms with Gasteiger partial charge in [-0.3, -0.25) is 24.5 Å². The highest BCUT2D eigenvalue weighted by atomic mass is 16.2. The number of hydrogen-bond donors (Lipinski definition) is 2. The number of anilines is 1. The molecule has 0 radical (unpaired) electrons. The van der Waals surface area contributed by atoms with E-state index in [1.807, 2.05) is 30.3 Å². The molecule has 2 aliphatic rings. The fourth-order valence-electron chi connectivity index (χ4n) is 4.02. The first kappa shape index (κ1) is 18.9. The van der Waals surface area contributed by atoms with E-state index in [4.69, 9.17) is 0 Å². The summed E-state index contributed by atoms with van der Waals surface area (Å²) in [5.74, 6) is -1.44. The lowest BCUT2D eigenvalue weighted by Crippen LogP contribution is -2.52. The molecule has 3 heterocycles. The van der Waals surface area contributed by atoms with Crippen LogP contribution in [-0.4, -0.2) is 39.6 Å². The van der Waals surface area contributed by atoms with Gasteiger partial charge in [-0.25, -0.2) is 4.98 Å². The van der Waals surface area contributed by atoms with Crippen molar-refractivity contribution in [2.45, 2.75) is 25.4 Å². The summed E-state index contributed by atoms with van der Waals surface area (Å²) in [6.07, 6.45) is 0.512. The largest absolute Gasteiger partial charge is 0.322 e. The Hall–Kier alpha value is -4.07. The standard InChI is InChI=1S/C23H18N4O4/c28-20-10-9-19(22(30)26-20)27-12-14-5-7-15(11-16(14)23(27)31)24-21(29)18-8-6-13-3-1-2-4-17(13)25-18/h1-8,11,19H,9-10,12H2,(H,24,29)(H,26,28,30). The van der Waals surface area contributed by atoms with Gasteiger partial charge in [-0.05, 0) is 36.2 Å². The fraction of sp³-hybridized carbons (Fsp3) is 0.174. The van der Waals surface area contributed by atoms with Crippen LogP contribution in [0.4, 0.5) is 5.69 Å². The third-order valence-electron chi connectivity index (χ3n) is 5.62. The summed E-state index contributed by atoms with van der Waals surface area (Å²) in [4.78, 5) is 55.0. The van der Waals surface area contributed by atoms with E-state index in [9.17, 15) is 19.2 Å². The number of pyridine rings is 1. The van der Waals surface area contributed by atoms with Gasteiger partial charge in [0.1, 0.15) is 11.7 Å². The van der Waals surface area contributed by atoms with Crippen molar-refractivity contribution < 1.29 is 19.2 Å². The second-order valence-electron chi connectivity index (χ2n) is 7.62. The lowest BCUT2D eigenvalue weighted by molar-refractivity contribution is -0.136. The highest BCUT2D eigenvalue weighted by Gasteiger charge is 2.39. The van der Waals surface area contributed by atoms with Gasteiger partial charge in [-0.15, -0.1) is 0 Å². The first-order valence-corrected chi connectivity index (χ1v) is 9.94. The number of piperidine rings is 1. The van der Waals surface area contributed by atoms with E-state index < -0.39 is 11.9 Å². The minimum absolute atomic E-state index is 0.205. The average Bonchev–Trinajstić information content (AvgIpc) is 3.09. The minimum atomic E-state index is -0.669. The number of nitrogens with one attached hydrogen (secondary N) is 2. The Labute approximate surface area is 177 Å². The zero-order chi connectivity index (χ0) is 21.5. The molecule has 0 bridgehead atoms. The van der Waals surface area contributed by atoms with Gasteiger partial charge in [0.05, 0.1) is 5.52 Å². The molecule has 8 heteroatoms. The Morgan fingerprint density at radius 3 is 2.74 bits per heavy atom. The normalized spacial score (nSPS) is 18.1. The SMILES string of the molecule is O=C1CCC(N2Cc3ccc(NC(=O)c4ccc5ccccc5n4)cc3C2=O)C(=O)N1. The molecule has 8 nitrogen and oxygen atoms in total. The van der Waals surface area contributed by atoms with Crippen LogP contribution >= 0.6 is 0 Å². The number of fused-ring (bicyclic) bond motifs is 2. The number of hydrogen-bond acceptors (Lipinski definition) is 5. The molecule has 1 unspecified atom stereocenters. The summed E-state index contributed by atoms with van der Waals surface area (Å²) in [6, 6.07) is 15.4. The van der Waals surface area contributed by atoms with Crippen molar-refractivity contribution in [3.63, 3.8) is 0 Å². The predicted octanol–water partition coefficient (Wildman–Crippen LogP) is 2.25. The molecular weight excluding hydrogens is 396 g/mol. The summed E-state index contributed by atoms with van der Waals surface area (Å²) in [6.45, 7) is 0.293. The molecular formula is C23H18N4O4. The van der Waals surface area contributed by atoms with Gasteiger partial charge in [0.25, 0.3) is 11.8 Å². The number of aromatic nitrogens is 1. The monoisotopic (exact) mass is 414 g/mol. The Morgan fingerprint density at radius 2 is 1.90 bits per heavy atom. The molecule has 1 fully saturated rings. The third-order valence-corrected chi connectivity index (χ3v) is 5.62. The summed E-state index contributed by atoms with van der Waals surface area (Å²) in [5.41, 5.74) is 2.68. The van der Waals surface area contributed by atoms with Crippen molar-refractivity contribution in [1.29, 1.82) is 0 Å². The highest BCUT2D eigenvalue weighted by molar-refractivity contribution is 6.07. The van der Waals surface area contributed by atoms with E-state index in [2.05, 4.69) is 15.6 Å². The summed E-state index contributed by atoms with van der Waals surface area (Å²) in [5, 5.41) is 6.01. The topological polar surface area (TPSA) is 108 Å². The van der Waals surface area contributed by atoms with Crippen LogP contribution in [-0.2, 0) is 16.1 Å². The maximum atomic E-state index is 12.9. The van der Waals surface area contributed by atoms with Crippen molar-refractivity contribution in [1.82, 2.24) is 15.2 Å². The van der Waals surface area contributed by atoms with Crippen molar-refractivity contribution in [3.8, 4) is 0 Å². The van der Waals surface area contributed by atoms with Crippen molar-refractivity contribution in [3.05, 3.63) is 71.4 Å². The van der Waals surface area contributed by atoms with Crippen LogP contribution in [0.25, 0.3) is 10.9 Å². The summed E-state index contributed by atoms with van der Waals surface area (Å²) >= 11 is 0. The van der Waals surface area contributed by atoms with Crippen molar-refractivity contribution >= 4 is 40.2 Å². The minimum Gasteiger partial charge on any atom is -0.322 e. The van der Waals surface area contributed by atoms with E-state index in [-0.39, 0.29) is 29.8 Å². The van der Waals surface area contributed by atoms with Gasteiger partial charge in [-0.1, -0.05) is 30.3 Å². The molecule has 2 N–H and O–H groups in total. The molecule has 31 heavy (non-hydrogen) atoms. The summed E-state index contributed by atoms with van der Waals surface area (Å²) in [7, 11) is 0. The molecule has 154 valence electrons. The quantitative estimate of drug-likeness (QED) is 0.639. The molecule has 2 aromatic carbocycles. The average molecular weight is 414 g/mol. The maximum Gasteiger partial charge on any atom is 0.274 e. The smallest absolute Gasteiger partial charge is 0.274 e.